The molecule has 1 aliphatic carbocycles. The molecular weight excluding hydrogens is 324 g/mol. The Hall–Kier alpha value is -2.94. The second-order valence-corrected chi connectivity index (χ2v) is 6.26. The zero-order valence-corrected chi connectivity index (χ0v) is 14.8. The van der Waals surface area contributed by atoms with E-state index >= 15 is 0 Å². The maximum Gasteiger partial charge on any atom is 0.334 e. The van der Waals surface area contributed by atoms with Gasteiger partial charge in [0, 0.05) is 11.5 Å². The zero-order valence-electron chi connectivity index (χ0n) is 14.8. The second-order valence-electron chi connectivity index (χ2n) is 6.26. The van der Waals surface area contributed by atoms with Gasteiger partial charge in [0.15, 0.2) is 5.78 Å². The number of rotatable bonds is 6. The van der Waals surface area contributed by atoms with Crippen LogP contribution in [0.4, 0.5) is 0 Å². The SMILES string of the molecule is CCOC(=O)C1=CC[C@H](c2ccccc2)[C@H]1C(=O)/C=C/c1ccccc1. The minimum atomic E-state index is -0.503. The molecule has 0 bridgehead atoms. The minimum absolute atomic E-state index is 0.0384. The van der Waals surface area contributed by atoms with Crippen LogP contribution in [0.5, 0.6) is 0 Å². The van der Waals surface area contributed by atoms with Gasteiger partial charge in [-0.1, -0.05) is 72.8 Å². The van der Waals surface area contributed by atoms with Gasteiger partial charge in [-0.2, -0.15) is 0 Å². The normalized spacial score (nSPS) is 19.3. The van der Waals surface area contributed by atoms with Gasteiger partial charge in [-0.05, 0) is 30.5 Å². The molecular formula is C23H22O3. The molecule has 0 unspecified atom stereocenters. The Balaban J connectivity index is 1.88. The average molecular weight is 346 g/mol. The molecule has 132 valence electrons. The summed E-state index contributed by atoms with van der Waals surface area (Å²) in [5, 5.41) is 0. The molecule has 2 atom stereocenters. The van der Waals surface area contributed by atoms with Crippen LogP contribution in [0.25, 0.3) is 6.08 Å². The number of esters is 1. The summed E-state index contributed by atoms with van der Waals surface area (Å²) < 4.78 is 5.17. The topological polar surface area (TPSA) is 43.4 Å². The van der Waals surface area contributed by atoms with Crippen LogP contribution < -0.4 is 0 Å². The van der Waals surface area contributed by atoms with Crippen molar-refractivity contribution in [3.05, 3.63) is 89.5 Å². The van der Waals surface area contributed by atoms with E-state index in [1.807, 2.05) is 66.7 Å². The lowest BCUT2D eigenvalue weighted by Gasteiger charge is -2.20. The first-order valence-corrected chi connectivity index (χ1v) is 8.89. The van der Waals surface area contributed by atoms with Gasteiger partial charge in [0.25, 0.3) is 0 Å². The molecule has 0 fully saturated rings. The van der Waals surface area contributed by atoms with E-state index in [-0.39, 0.29) is 11.7 Å². The number of carbonyl (C=O) groups excluding carboxylic acids is 2. The Labute approximate surface area is 154 Å². The largest absolute Gasteiger partial charge is 0.463 e. The van der Waals surface area contributed by atoms with Crippen LogP contribution in [-0.4, -0.2) is 18.4 Å². The molecule has 0 radical (unpaired) electrons. The number of ether oxygens (including phenoxy) is 1. The van der Waals surface area contributed by atoms with Gasteiger partial charge in [-0.25, -0.2) is 4.79 Å². The molecule has 26 heavy (non-hydrogen) atoms. The van der Waals surface area contributed by atoms with E-state index in [2.05, 4.69) is 0 Å². The molecule has 3 nitrogen and oxygen atoms in total. The monoisotopic (exact) mass is 346 g/mol. The highest BCUT2D eigenvalue weighted by atomic mass is 16.5. The molecule has 3 heteroatoms. The molecule has 0 spiro atoms. The van der Waals surface area contributed by atoms with Crippen LogP contribution in [0, 0.1) is 5.92 Å². The summed E-state index contributed by atoms with van der Waals surface area (Å²) in [5.74, 6) is -1.00. The van der Waals surface area contributed by atoms with Gasteiger partial charge in [0.05, 0.1) is 12.5 Å². The van der Waals surface area contributed by atoms with Gasteiger partial charge in [0.1, 0.15) is 0 Å². The second kappa shape index (κ2) is 8.43. The van der Waals surface area contributed by atoms with Gasteiger partial charge in [-0.15, -0.1) is 0 Å². The molecule has 0 saturated heterocycles. The van der Waals surface area contributed by atoms with E-state index in [4.69, 9.17) is 4.74 Å². The number of allylic oxidation sites excluding steroid dienone is 2. The van der Waals surface area contributed by atoms with Crippen LogP contribution in [0.1, 0.15) is 30.4 Å². The third-order valence-corrected chi connectivity index (χ3v) is 4.61. The van der Waals surface area contributed by atoms with Crippen LogP contribution in [-0.2, 0) is 14.3 Å². The van der Waals surface area contributed by atoms with E-state index in [1.54, 1.807) is 19.1 Å². The third-order valence-electron chi connectivity index (χ3n) is 4.61. The van der Waals surface area contributed by atoms with E-state index in [0.29, 0.717) is 18.6 Å². The van der Waals surface area contributed by atoms with Gasteiger partial charge in [-0.3, -0.25) is 4.79 Å². The quantitative estimate of drug-likeness (QED) is 0.569. The lowest BCUT2D eigenvalue weighted by Crippen LogP contribution is -2.24. The molecule has 2 aromatic rings. The highest BCUT2D eigenvalue weighted by molar-refractivity contribution is 6.05. The predicted octanol–water partition coefficient (Wildman–Crippen LogP) is 4.56. The van der Waals surface area contributed by atoms with Crippen molar-refractivity contribution in [3.63, 3.8) is 0 Å². The molecule has 0 aliphatic heterocycles. The highest BCUT2D eigenvalue weighted by Gasteiger charge is 2.38. The van der Waals surface area contributed by atoms with Crippen molar-refractivity contribution in [2.45, 2.75) is 19.3 Å². The van der Waals surface area contributed by atoms with Gasteiger partial charge >= 0.3 is 5.97 Å². The molecule has 3 rings (SSSR count). The summed E-state index contributed by atoms with van der Waals surface area (Å²) in [6.07, 6.45) is 5.89. The number of benzene rings is 2. The van der Waals surface area contributed by atoms with E-state index in [9.17, 15) is 9.59 Å². The first kappa shape index (κ1) is 17.9. The number of carbonyl (C=O) groups is 2. The number of ketones is 1. The third kappa shape index (κ3) is 3.99. The van der Waals surface area contributed by atoms with Gasteiger partial charge in [0.2, 0.25) is 0 Å². The van der Waals surface area contributed by atoms with Crippen molar-refractivity contribution in [3.8, 4) is 0 Å². The Morgan fingerprint density at radius 3 is 2.35 bits per heavy atom. The maximum absolute atomic E-state index is 13.0. The summed E-state index contributed by atoms with van der Waals surface area (Å²) >= 11 is 0. The van der Waals surface area contributed by atoms with Crippen LogP contribution in [0.2, 0.25) is 0 Å². The molecule has 0 amide bonds. The number of hydrogen-bond donors (Lipinski definition) is 0. The van der Waals surface area contributed by atoms with Crippen LogP contribution in [0.3, 0.4) is 0 Å². The molecule has 1 aliphatic rings. The first-order valence-electron chi connectivity index (χ1n) is 8.89. The summed E-state index contributed by atoms with van der Waals surface area (Å²) in [7, 11) is 0. The highest BCUT2D eigenvalue weighted by Crippen LogP contribution is 2.41. The summed E-state index contributed by atoms with van der Waals surface area (Å²) in [6, 6.07) is 19.5. The van der Waals surface area contributed by atoms with Crippen molar-refractivity contribution >= 4 is 17.8 Å². The standard InChI is InChI=1S/C23H22O3/c1-2-26-23(25)20-15-14-19(18-11-7-4-8-12-18)22(20)21(24)16-13-17-9-5-3-6-10-17/h3-13,15-16,19,22H,2,14H2,1H3/b16-13+/t19-,22-/m1/s1. The maximum atomic E-state index is 13.0. The summed E-state index contributed by atoms with van der Waals surface area (Å²) in [6.45, 7) is 2.07. The molecule has 0 saturated carbocycles. The van der Waals surface area contributed by atoms with Crippen molar-refractivity contribution in [1.29, 1.82) is 0 Å². The van der Waals surface area contributed by atoms with E-state index in [0.717, 1.165) is 11.1 Å². The van der Waals surface area contributed by atoms with Gasteiger partial charge < -0.3 is 4.74 Å². The van der Waals surface area contributed by atoms with Crippen molar-refractivity contribution in [2.24, 2.45) is 5.92 Å². The summed E-state index contributed by atoms with van der Waals surface area (Å²) in [5.41, 5.74) is 2.50. The van der Waals surface area contributed by atoms with Crippen molar-refractivity contribution in [1.82, 2.24) is 0 Å². The fraction of sp³-hybridized carbons (Fsp3) is 0.217. The van der Waals surface area contributed by atoms with Crippen LogP contribution >= 0.6 is 0 Å². The zero-order chi connectivity index (χ0) is 18.4. The van der Waals surface area contributed by atoms with Crippen LogP contribution in [0.15, 0.2) is 78.4 Å². The molecule has 0 N–H and O–H groups in total. The van der Waals surface area contributed by atoms with Crippen molar-refractivity contribution in [2.75, 3.05) is 6.61 Å². The van der Waals surface area contributed by atoms with E-state index in [1.165, 1.54) is 0 Å². The first-order chi connectivity index (χ1) is 12.7. The Morgan fingerprint density at radius 1 is 1.04 bits per heavy atom. The molecule has 0 aromatic heterocycles. The summed E-state index contributed by atoms with van der Waals surface area (Å²) in [4.78, 5) is 25.3. The van der Waals surface area contributed by atoms with Crippen molar-refractivity contribution < 1.29 is 14.3 Å². The molecule has 2 aromatic carbocycles. The number of hydrogen-bond acceptors (Lipinski definition) is 3. The van der Waals surface area contributed by atoms with E-state index < -0.39 is 11.9 Å². The smallest absolute Gasteiger partial charge is 0.334 e. The lowest BCUT2D eigenvalue weighted by atomic mass is 9.82. The fourth-order valence-electron chi connectivity index (χ4n) is 3.38. The Morgan fingerprint density at radius 2 is 1.69 bits per heavy atom. The minimum Gasteiger partial charge on any atom is -0.463 e. The Bertz CT molecular complexity index is 819. The fourth-order valence-corrected chi connectivity index (χ4v) is 3.38. The predicted molar refractivity (Wildman–Crippen MR) is 102 cm³/mol. The molecule has 0 heterocycles. The Kier molecular flexibility index (Phi) is 5.80. The lowest BCUT2D eigenvalue weighted by molar-refractivity contribution is -0.140. The average Bonchev–Trinajstić information content (AvgIpc) is 3.13.